The van der Waals surface area contributed by atoms with Crippen LogP contribution in [0.2, 0.25) is 0 Å². The fraction of sp³-hybridized carbons (Fsp3) is 0.583. The van der Waals surface area contributed by atoms with Crippen molar-refractivity contribution in [2.45, 2.75) is 24.5 Å². The number of nitrogens with zero attached hydrogens (tertiary/aromatic N) is 2. The van der Waals surface area contributed by atoms with E-state index in [4.69, 9.17) is 11.6 Å². The topological polar surface area (TPSA) is 16.1 Å². The molecular formula is C12H16BrClN2S. The molecule has 0 atom stereocenters. The highest BCUT2D eigenvalue weighted by Crippen LogP contribution is 2.33. The van der Waals surface area contributed by atoms with Gasteiger partial charge in [-0.25, -0.2) is 4.98 Å². The fourth-order valence-corrected chi connectivity index (χ4v) is 3.74. The van der Waals surface area contributed by atoms with E-state index in [0.717, 1.165) is 34.7 Å². The third-order valence-electron chi connectivity index (χ3n) is 2.78. The minimum atomic E-state index is 0.288. The van der Waals surface area contributed by atoms with Crippen LogP contribution in [-0.4, -0.2) is 28.6 Å². The van der Waals surface area contributed by atoms with Gasteiger partial charge in [-0.1, -0.05) is 0 Å². The van der Waals surface area contributed by atoms with E-state index in [1.54, 1.807) is 0 Å². The maximum absolute atomic E-state index is 6.00. The van der Waals surface area contributed by atoms with Gasteiger partial charge in [0, 0.05) is 39.8 Å². The molecule has 1 aromatic rings. The predicted molar refractivity (Wildman–Crippen MR) is 80.2 cm³/mol. The Morgan fingerprint density at radius 3 is 3.00 bits per heavy atom. The molecule has 2 nitrogen and oxygen atoms in total. The van der Waals surface area contributed by atoms with Gasteiger partial charge in [-0.05, 0) is 35.8 Å². The largest absolute Gasteiger partial charge is 0.354 e. The van der Waals surface area contributed by atoms with Crippen LogP contribution in [0, 0.1) is 0 Å². The Morgan fingerprint density at radius 2 is 2.35 bits per heavy atom. The van der Waals surface area contributed by atoms with E-state index in [-0.39, 0.29) is 4.75 Å². The molecule has 0 saturated carbocycles. The monoisotopic (exact) mass is 334 g/mol. The lowest BCUT2D eigenvalue weighted by Gasteiger charge is -2.38. The number of halogens is 2. The lowest BCUT2D eigenvalue weighted by atomic mass is 10.1. The summed E-state index contributed by atoms with van der Waals surface area (Å²) < 4.78 is 1.28. The molecule has 1 saturated heterocycles. The number of thioether (sulfide) groups is 1. The molecular weight excluding hydrogens is 320 g/mol. The Morgan fingerprint density at radius 1 is 1.59 bits per heavy atom. The van der Waals surface area contributed by atoms with Crippen LogP contribution < -0.4 is 4.90 Å². The van der Waals surface area contributed by atoms with Crippen molar-refractivity contribution in [1.82, 2.24) is 4.98 Å². The molecule has 1 aromatic heterocycles. The Hall–Kier alpha value is 0.0700. The fourth-order valence-electron chi connectivity index (χ4n) is 2.05. The van der Waals surface area contributed by atoms with E-state index in [1.165, 1.54) is 0 Å². The zero-order valence-corrected chi connectivity index (χ0v) is 13.2. The lowest BCUT2D eigenvalue weighted by Crippen LogP contribution is -2.43. The Balaban J connectivity index is 2.27. The van der Waals surface area contributed by atoms with E-state index >= 15 is 0 Å². The summed E-state index contributed by atoms with van der Waals surface area (Å²) in [6, 6.07) is 2.06. The van der Waals surface area contributed by atoms with Gasteiger partial charge >= 0.3 is 0 Å². The van der Waals surface area contributed by atoms with Gasteiger partial charge in [0.2, 0.25) is 0 Å². The summed E-state index contributed by atoms with van der Waals surface area (Å²) in [5, 5.41) is 0. The van der Waals surface area contributed by atoms with Crippen LogP contribution >= 0.6 is 39.3 Å². The summed E-state index contributed by atoms with van der Waals surface area (Å²) in [6.07, 6.45) is 1.85. The first-order valence-corrected chi connectivity index (χ1v) is 7.92. The van der Waals surface area contributed by atoms with Crippen LogP contribution in [0.5, 0.6) is 0 Å². The van der Waals surface area contributed by atoms with E-state index in [1.807, 2.05) is 18.0 Å². The Bertz CT molecular complexity index is 411. The van der Waals surface area contributed by atoms with Crippen LogP contribution in [0.1, 0.15) is 19.4 Å². The molecule has 5 heteroatoms. The zero-order valence-electron chi connectivity index (χ0n) is 10.0. The summed E-state index contributed by atoms with van der Waals surface area (Å²) in [5.41, 5.74) is 1.10. The van der Waals surface area contributed by atoms with Crippen LogP contribution in [0.15, 0.2) is 16.7 Å². The molecule has 2 rings (SSSR count). The third-order valence-corrected chi connectivity index (χ3v) is 4.80. The van der Waals surface area contributed by atoms with Gasteiger partial charge in [0.05, 0.1) is 5.88 Å². The van der Waals surface area contributed by atoms with Crippen molar-refractivity contribution in [3.05, 3.63) is 22.3 Å². The van der Waals surface area contributed by atoms with Gasteiger partial charge in [-0.2, -0.15) is 11.8 Å². The van der Waals surface area contributed by atoms with E-state index in [0.29, 0.717) is 5.88 Å². The minimum Gasteiger partial charge on any atom is -0.354 e. The normalized spacial score (nSPS) is 19.4. The number of rotatable bonds is 2. The lowest BCUT2D eigenvalue weighted by molar-refractivity contribution is 0.640. The van der Waals surface area contributed by atoms with Crippen LogP contribution in [-0.2, 0) is 5.88 Å². The van der Waals surface area contributed by atoms with Crippen molar-refractivity contribution in [1.29, 1.82) is 0 Å². The van der Waals surface area contributed by atoms with Gasteiger partial charge in [-0.15, -0.1) is 11.6 Å². The van der Waals surface area contributed by atoms with Crippen molar-refractivity contribution in [2.75, 3.05) is 23.7 Å². The highest BCUT2D eigenvalue weighted by Gasteiger charge is 2.28. The molecule has 0 N–H and O–H groups in total. The molecule has 2 heterocycles. The zero-order chi connectivity index (χ0) is 12.5. The summed E-state index contributed by atoms with van der Waals surface area (Å²) in [7, 11) is 0. The second-order valence-corrected chi connectivity index (χ2v) is 7.78. The minimum absolute atomic E-state index is 0.288. The van der Waals surface area contributed by atoms with Crippen molar-refractivity contribution in [3.8, 4) is 0 Å². The van der Waals surface area contributed by atoms with E-state index in [9.17, 15) is 0 Å². The van der Waals surface area contributed by atoms with Crippen LogP contribution in [0.3, 0.4) is 0 Å². The average molecular weight is 336 g/mol. The first kappa shape index (κ1) is 13.5. The smallest absolute Gasteiger partial charge is 0.133 e. The molecule has 0 spiro atoms. The molecule has 17 heavy (non-hydrogen) atoms. The SMILES string of the molecule is CC1(C)CN(c2ncc(Br)cc2CCl)CCS1. The van der Waals surface area contributed by atoms with Gasteiger partial charge < -0.3 is 4.90 Å². The van der Waals surface area contributed by atoms with E-state index in [2.05, 4.69) is 45.7 Å². The number of pyridine rings is 1. The van der Waals surface area contributed by atoms with Gasteiger partial charge in [0.25, 0.3) is 0 Å². The summed E-state index contributed by atoms with van der Waals surface area (Å²) in [4.78, 5) is 6.87. The molecule has 0 amide bonds. The van der Waals surface area contributed by atoms with Crippen molar-refractivity contribution in [2.24, 2.45) is 0 Å². The van der Waals surface area contributed by atoms with Crippen LogP contribution in [0.4, 0.5) is 5.82 Å². The Kier molecular flexibility index (Phi) is 4.26. The first-order valence-electron chi connectivity index (χ1n) is 5.61. The number of alkyl halides is 1. The molecule has 0 aromatic carbocycles. The highest BCUT2D eigenvalue weighted by molar-refractivity contribution is 9.10. The van der Waals surface area contributed by atoms with E-state index < -0.39 is 0 Å². The van der Waals surface area contributed by atoms with Crippen molar-refractivity contribution < 1.29 is 0 Å². The second-order valence-electron chi connectivity index (χ2n) is 4.80. The predicted octanol–water partition coefficient (Wildman–Crippen LogP) is 3.91. The van der Waals surface area contributed by atoms with Gasteiger partial charge in [-0.3, -0.25) is 0 Å². The van der Waals surface area contributed by atoms with Crippen LogP contribution in [0.25, 0.3) is 0 Å². The second kappa shape index (κ2) is 5.37. The molecule has 0 aliphatic carbocycles. The summed E-state index contributed by atoms with van der Waals surface area (Å²) >= 11 is 11.5. The highest BCUT2D eigenvalue weighted by atomic mass is 79.9. The molecule has 94 valence electrons. The van der Waals surface area contributed by atoms with Gasteiger partial charge in [0.1, 0.15) is 5.82 Å². The first-order chi connectivity index (χ1) is 8.02. The maximum Gasteiger partial charge on any atom is 0.133 e. The molecule has 1 aliphatic rings. The Labute approximate surface area is 120 Å². The maximum atomic E-state index is 6.00. The summed E-state index contributed by atoms with van der Waals surface area (Å²) in [5.74, 6) is 2.69. The molecule has 0 unspecified atom stereocenters. The molecule has 0 bridgehead atoms. The average Bonchev–Trinajstić information content (AvgIpc) is 2.27. The van der Waals surface area contributed by atoms with Gasteiger partial charge in [0.15, 0.2) is 0 Å². The van der Waals surface area contributed by atoms with Crippen molar-refractivity contribution >= 4 is 45.1 Å². The number of hydrogen-bond acceptors (Lipinski definition) is 3. The van der Waals surface area contributed by atoms with Crippen molar-refractivity contribution in [3.63, 3.8) is 0 Å². The molecule has 1 fully saturated rings. The quantitative estimate of drug-likeness (QED) is 0.762. The number of anilines is 1. The number of hydrogen-bond donors (Lipinski definition) is 0. The molecule has 1 aliphatic heterocycles. The summed E-state index contributed by atoms with van der Waals surface area (Å²) in [6.45, 7) is 6.63. The molecule has 0 radical (unpaired) electrons. The standard InChI is InChI=1S/C12H16BrClN2S/c1-12(2)8-16(3-4-17-12)11-9(6-14)5-10(13)7-15-11/h5,7H,3-4,6,8H2,1-2H3. The third kappa shape index (κ3) is 3.30. The number of aromatic nitrogens is 1.